The molecule has 0 aliphatic heterocycles. The largest absolute Gasteiger partial charge is 0.507 e. The lowest BCUT2D eigenvalue weighted by Crippen LogP contribution is -2.19. The van der Waals surface area contributed by atoms with Crippen molar-refractivity contribution in [3.63, 3.8) is 0 Å². The average molecular weight is 282 g/mol. The Morgan fingerprint density at radius 1 is 1.14 bits per heavy atom. The van der Waals surface area contributed by atoms with Gasteiger partial charge in [0.15, 0.2) is 0 Å². The topological polar surface area (TPSA) is 61.7 Å². The van der Waals surface area contributed by atoms with Crippen LogP contribution in [0, 0.1) is 6.92 Å². The van der Waals surface area contributed by atoms with Crippen LogP contribution in [0.5, 0.6) is 5.75 Å². The van der Waals surface area contributed by atoms with E-state index in [0.29, 0.717) is 12.0 Å². The third-order valence-electron chi connectivity index (χ3n) is 3.13. The number of para-hydroxylation sites is 1. The maximum Gasteiger partial charge on any atom is 0.275 e. The average Bonchev–Trinajstić information content (AvgIpc) is 2.48. The number of nitrogens with one attached hydrogen (secondary N) is 1. The van der Waals surface area contributed by atoms with E-state index in [1.165, 1.54) is 0 Å². The Morgan fingerprint density at radius 3 is 2.57 bits per heavy atom. The van der Waals surface area contributed by atoms with E-state index in [1.54, 1.807) is 25.1 Å². The first-order chi connectivity index (χ1) is 10.1. The van der Waals surface area contributed by atoms with E-state index < -0.39 is 5.91 Å². The van der Waals surface area contributed by atoms with E-state index >= 15 is 0 Å². The molecular weight excluding hydrogens is 264 g/mol. The number of hydrazone groups is 1. The maximum absolute atomic E-state index is 12.0. The summed E-state index contributed by atoms with van der Waals surface area (Å²) in [5.74, 6) is -0.422. The van der Waals surface area contributed by atoms with Crippen LogP contribution in [-0.2, 0) is 6.42 Å². The molecule has 108 valence electrons. The summed E-state index contributed by atoms with van der Waals surface area (Å²) in [6, 6.07) is 14.9. The molecule has 0 unspecified atom stereocenters. The number of hydrogen-bond donors (Lipinski definition) is 2. The molecule has 2 N–H and O–H groups in total. The first-order valence-corrected chi connectivity index (χ1v) is 6.74. The van der Waals surface area contributed by atoms with Crippen molar-refractivity contribution in [3.05, 3.63) is 65.2 Å². The van der Waals surface area contributed by atoms with Crippen molar-refractivity contribution in [2.45, 2.75) is 20.3 Å². The Labute approximate surface area is 124 Å². The first kappa shape index (κ1) is 14.8. The van der Waals surface area contributed by atoms with Crippen molar-refractivity contribution in [2.24, 2.45) is 5.10 Å². The number of phenols is 1. The van der Waals surface area contributed by atoms with Crippen molar-refractivity contribution in [1.29, 1.82) is 0 Å². The molecule has 2 rings (SSSR count). The number of aromatic hydroxyl groups is 1. The van der Waals surface area contributed by atoms with Crippen molar-refractivity contribution in [2.75, 3.05) is 0 Å². The normalized spacial score (nSPS) is 11.2. The minimum Gasteiger partial charge on any atom is -0.507 e. The second kappa shape index (κ2) is 6.70. The van der Waals surface area contributed by atoms with Crippen LogP contribution in [0.1, 0.15) is 28.4 Å². The van der Waals surface area contributed by atoms with Crippen LogP contribution in [0.3, 0.4) is 0 Å². The molecule has 0 heterocycles. The molecule has 2 aromatic rings. The summed E-state index contributed by atoms with van der Waals surface area (Å²) in [7, 11) is 0. The highest BCUT2D eigenvalue weighted by atomic mass is 16.3. The third kappa shape index (κ3) is 3.92. The molecular formula is C17H18N2O2. The first-order valence-electron chi connectivity index (χ1n) is 6.74. The molecule has 4 nitrogen and oxygen atoms in total. The van der Waals surface area contributed by atoms with Gasteiger partial charge in [-0.3, -0.25) is 4.79 Å². The van der Waals surface area contributed by atoms with Crippen LogP contribution in [0.4, 0.5) is 0 Å². The summed E-state index contributed by atoms with van der Waals surface area (Å²) in [5, 5.41) is 13.9. The molecule has 2 aromatic carbocycles. The number of aryl methyl sites for hydroxylation is 1. The third-order valence-corrected chi connectivity index (χ3v) is 3.13. The van der Waals surface area contributed by atoms with Gasteiger partial charge in [-0.1, -0.05) is 42.5 Å². The quantitative estimate of drug-likeness (QED) is 0.669. The lowest BCUT2D eigenvalue weighted by Gasteiger charge is -2.06. The van der Waals surface area contributed by atoms with Crippen molar-refractivity contribution in [1.82, 2.24) is 5.43 Å². The fourth-order valence-electron chi connectivity index (χ4n) is 1.98. The Kier molecular flexibility index (Phi) is 4.72. The van der Waals surface area contributed by atoms with Crippen LogP contribution in [0.25, 0.3) is 0 Å². The summed E-state index contributed by atoms with van der Waals surface area (Å²) in [6.45, 7) is 3.60. The summed E-state index contributed by atoms with van der Waals surface area (Å²) in [5.41, 5.74) is 5.29. The van der Waals surface area contributed by atoms with Gasteiger partial charge in [0, 0.05) is 12.1 Å². The zero-order valence-corrected chi connectivity index (χ0v) is 12.1. The summed E-state index contributed by atoms with van der Waals surface area (Å²) >= 11 is 0. The maximum atomic E-state index is 12.0. The Morgan fingerprint density at radius 2 is 1.86 bits per heavy atom. The van der Waals surface area contributed by atoms with Crippen LogP contribution in [-0.4, -0.2) is 16.7 Å². The molecule has 0 atom stereocenters. The number of rotatable bonds is 4. The van der Waals surface area contributed by atoms with Gasteiger partial charge in [-0.25, -0.2) is 5.43 Å². The fourth-order valence-corrected chi connectivity index (χ4v) is 1.98. The summed E-state index contributed by atoms with van der Waals surface area (Å²) < 4.78 is 0. The highest BCUT2D eigenvalue weighted by Crippen LogP contribution is 2.20. The molecule has 0 fully saturated rings. The van der Waals surface area contributed by atoms with Crippen molar-refractivity contribution < 1.29 is 9.90 Å². The Bertz CT molecular complexity index is 664. The fraction of sp³-hybridized carbons (Fsp3) is 0.176. The number of phenolic OH excluding ortho intramolecular Hbond substituents is 1. The zero-order valence-electron chi connectivity index (χ0n) is 12.1. The highest BCUT2D eigenvalue weighted by molar-refractivity contribution is 5.98. The second-order valence-corrected chi connectivity index (χ2v) is 4.92. The predicted octanol–water partition coefficient (Wildman–Crippen LogP) is 3.05. The van der Waals surface area contributed by atoms with Gasteiger partial charge in [-0.05, 0) is 31.0 Å². The summed E-state index contributed by atoms with van der Waals surface area (Å²) in [6.07, 6.45) is 0.668. The number of carbonyl (C=O) groups is 1. The molecule has 1 amide bonds. The molecule has 0 aliphatic rings. The number of carbonyl (C=O) groups excluding carboxylic acids is 1. The van der Waals surface area contributed by atoms with Crippen LogP contribution < -0.4 is 5.43 Å². The van der Waals surface area contributed by atoms with Gasteiger partial charge in [0.1, 0.15) is 5.75 Å². The number of amides is 1. The van der Waals surface area contributed by atoms with E-state index in [1.807, 2.05) is 37.3 Å². The lowest BCUT2D eigenvalue weighted by atomic mass is 10.1. The van der Waals surface area contributed by atoms with E-state index in [9.17, 15) is 9.90 Å². The van der Waals surface area contributed by atoms with E-state index in [-0.39, 0.29) is 11.3 Å². The lowest BCUT2D eigenvalue weighted by molar-refractivity contribution is 0.0952. The second-order valence-electron chi connectivity index (χ2n) is 4.92. The minimum absolute atomic E-state index is 0.00841. The van der Waals surface area contributed by atoms with Crippen molar-refractivity contribution >= 4 is 11.6 Å². The predicted molar refractivity (Wildman–Crippen MR) is 83.6 cm³/mol. The van der Waals surface area contributed by atoms with Gasteiger partial charge in [0.25, 0.3) is 5.91 Å². The Balaban J connectivity index is 2.03. The zero-order chi connectivity index (χ0) is 15.2. The van der Waals surface area contributed by atoms with Crippen LogP contribution in [0.2, 0.25) is 0 Å². The molecule has 0 bridgehead atoms. The molecule has 0 saturated heterocycles. The van der Waals surface area contributed by atoms with Gasteiger partial charge in [0.2, 0.25) is 0 Å². The smallest absolute Gasteiger partial charge is 0.275 e. The number of nitrogens with zero attached hydrogens (tertiary/aromatic N) is 1. The molecule has 0 spiro atoms. The molecule has 0 aliphatic carbocycles. The van der Waals surface area contributed by atoms with Crippen molar-refractivity contribution in [3.8, 4) is 5.75 Å². The molecule has 0 aromatic heterocycles. The standard InChI is InChI=1S/C17H18N2O2/c1-12-7-6-10-15(16(12)20)17(21)19-18-13(2)11-14-8-4-3-5-9-14/h3-10,20H,11H2,1-2H3,(H,19,21)/b18-13-. The van der Waals surface area contributed by atoms with Crippen LogP contribution >= 0.6 is 0 Å². The Hall–Kier alpha value is -2.62. The van der Waals surface area contributed by atoms with Gasteiger partial charge in [0.05, 0.1) is 5.56 Å². The molecule has 21 heavy (non-hydrogen) atoms. The number of hydrogen-bond acceptors (Lipinski definition) is 3. The minimum atomic E-state index is -0.413. The van der Waals surface area contributed by atoms with Gasteiger partial charge in [-0.2, -0.15) is 5.10 Å². The van der Waals surface area contributed by atoms with E-state index in [2.05, 4.69) is 10.5 Å². The van der Waals surface area contributed by atoms with Gasteiger partial charge >= 0.3 is 0 Å². The van der Waals surface area contributed by atoms with E-state index in [0.717, 1.165) is 11.3 Å². The molecule has 0 saturated carbocycles. The van der Waals surface area contributed by atoms with Gasteiger partial charge < -0.3 is 5.11 Å². The number of benzene rings is 2. The van der Waals surface area contributed by atoms with E-state index in [4.69, 9.17) is 0 Å². The van der Waals surface area contributed by atoms with Gasteiger partial charge in [-0.15, -0.1) is 0 Å². The SMILES string of the molecule is C/C(Cc1ccccc1)=N/NC(=O)c1cccc(C)c1O. The highest BCUT2D eigenvalue weighted by Gasteiger charge is 2.11. The molecule has 4 heteroatoms. The monoisotopic (exact) mass is 282 g/mol. The summed E-state index contributed by atoms with van der Waals surface area (Å²) in [4.78, 5) is 12.0. The van der Waals surface area contributed by atoms with Crippen LogP contribution in [0.15, 0.2) is 53.6 Å². The molecule has 0 radical (unpaired) electrons.